The molecule has 1 heterocycles. The first kappa shape index (κ1) is 16.9. The number of carbonyl (C=O) groups excluding carboxylic acids is 1. The summed E-state index contributed by atoms with van der Waals surface area (Å²) < 4.78 is 5.51. The second-order valence-corrected chi connectivity index (χ2v) is 6.36. The first-order chi connectivity index (χ1) is 11.6. The van der Waals surface area contributed by atoms with E-state index in [0.717, 1.165) is 6.42 Å². The fourth-order valence-electron chi connectivity index (χ4n) is 2.61. The molecule has 1 amide bonds. The molecule has 24 heavy (non-hydrogen) atoms. The van der Waals surface area contributed by atoms with Crippen molar-refractivity contribution in [1.82, 2.24) is 4.90 Å². The van der Waals surface area contributed by atoms with Crippen LogP contribution in [0.4, 0.5) is 0 Å². The SMILES string of the molecule is O=C(COc1ccc(Cl)c(Cl)c1)N1CC=C(c2ccccc2)CC1. The highest BCUT2D eigenvalue weighted by Crippen LogP contribution is 2.26. The lowest BCUT2D eigenvalue weighted by atomic mass is 10.00. The third kappa shape index (κ3) is 4.11. The summed E-state index contributed by atoms with van der Waals surface area (Å²) in [5.41, 5.74) is 2.50. The lowest BCUT2D eigenvalue weighted by Gasteiger charge is -2.26. The van der Waals surface area contributed by atoms with Crippen molar-refractivity contribution in [1.29, 1.82) is 0 Å². The Kier molecular flexibility index (Phi) is 5.44. The number of carbonyl (C=O) groups is 1. The molecule has 0 atom stereocenters. The van der Waals surface area contributed by atoms with Crippen LogP contribution in [0.5, 0.6) is 5.75 Å². The molecule has 0 unspecified atom stereocenters. The van der Waals surface area contributed by atoms with Gasteiger partial charge in [0.2, 0.25) is 0 Å². The van der Waals surface area contributed by atoms with Crippen molar-refractivity contribution in [3.05, 3.63) is 70.2 Å². The summed E-state index contributed by atoms with van der Waals surface area (Å²) in [5, 5.41) is 0.875. The molecule has 2 aromatic carbocycles. The number of hydrogen-bond acceptors (Lipinski definition) is 2. The van der Waals surface area contributed by atoms with Crippen LogP contribution in [0.3, 0.4) is 0 Å². The van der Waals surface area contributed by atoms with Crippen LogP contribution in [-0.2, 0) is 4.79 Å². The van der Waals surface area contributed by atoms with Gasteiger partial charge in [0.05, 0.1) is 10.0 Å². The Morgan fingerprint density at radius 2 is 1.88 bits per heavy atom. The molecule has 3 nitrogen and oxygen atoms in total. The minimum absolute atomic E-state index is 0.00747. The van der Waals surface area contributed by atoms with E-state index in [1.807, 2.05) is 18.2 Å². The molecule has 0 saturated heterocycles. The van der Waals surface area contributed by atoms with Crippen molar-refractivity contribution in [3.63, 3.8) is 0 Å². The van der Waals surface area contributed by atoms with Crippen LogP contribution in [0, 0.1) is 0 Å². The lowest BCUT2D eigenvalue weighted by molar-refractivity contribution is -0.132. The van der Waals surface area contributed by atoms with Crippen molar-refractivity contribution >= 4 is 34.7 Å². The summed E-state index contributed by atoms with van der Waals surface area (Å²) in [6, 6.07) is 15.2. The first-order valence-electron chi connectivity index (χ1n) is 7.73. The molecule has 0 aliphatic carbocycles. The van der Waals surface area contributed by atoms with E-state index in [4.69, 9.17) is 27.9 Å². The van der Waals surface area contributed by atoms with E-state index < -0.39 is 0 Å². The quantitative estimate of drug-likeness (QED) is 0.790. The molecular weight excluding hydrogens is 345 g/mol. The maximum absolute atomic E-state index is 12.3. The van der Waals surface area contributed by atoms with Gasteiger partial charge in [0.1, 0.15) is 5.75 Å². The maximum Gasteiger partial charge on any atom is 0.260 e. The van der Waals surface area contributed by atoms with Gasteiger partial charge in [0, 0.05) is 19.2 Å². The molecule has 1 aliphatic heterocycles. The molecule has 0 saturated carbocycles. The predicted octanol–water partition coefficient (Wildman–Crippen LogP) is 4.69. The Hall–Kier alpha value is -1.97. The van der Waals surface area contributed by atoms with E-state index >= 15 is 0 Å². The summed E-state index contributed by atoms with van der Waals surface area (Å²) in [6.07, 6.45) is 2.96. The van der Waals surface area contributed by atoms with Crippen LogP contribution in [0.1, 0.15) is 12.0 Å². The van der Waals surface area contributed by atoms with Gasteiger partial charge in [0.15, 0.2) is 6.61 Å². The van der Waals surface area contributed by atoms with Crippen LogP contribution in [0.15, 0.2) is 54.6 Å². The van der Waals surface area contributed by atoms with Gasteiger partial charge in [-0.15, -0.1) is 0 Å². The van der Waals surface area contributed by atoms with Gasteiger partial charge in [-0.3, -0.25) is 4.79 Å². The van der Waals surface area contributed by atoms with Gasteiger partial charge in [-0.05, 0) is 29.7 Å². The Balaban J connectivity index is 1.55. The van der Waals surface area contributed by atoms with Crippen molar-refractivity contribution in [2.45, 2.75) is 6.42 Å². The number of ether oxygens (including phenoxy) is 1. The van der Waals surface area contributed by atoms with Crippen molar-refractivity contribution in [2.24, 2.45) is 0 Å². The van der Waals surface area contributed by atoms with Crippen molar-refractivity contribution < 1.29 is 9.53 Å². The fourth-order valence-corrected chi connectivity index (χ4v) is 2.90. The third-order valence-corrected chi connectivity index (χ3v) is 4.70. The van der Waals surface area contributed by atoms with Gasteiger partial charge in [0.25, 0.3) is 5.91 Å². The Labute approximate surface area is 151 Å². The largest absolute Gasteiger partial charge is 0.484 e. The molecule has 3 rings (SSSR count). The van der Waals surface area contributed by atoms with Gasteiger partial charge < -0.3 is 9.64 Å². The predicted molar refractivity (Wildman–Crippen MR) is 97.6 cm³/mol. The van der Waals surface area contributed by atoms with Gasteiger partial charge in [-0.1, -0.05) is 59.6 Å². The van der Waals surface area contributed by atoms with E-state index in [0.29, 0.717) is 28.9 Å². The molecule has 0 aromatic heterocycles. The highest BCUT2D eigenvalue weighted by molar-refractivity contribution is 6.42. The van der Waals surface area contributed by atoms with Gasteiger partial charge >= 0.3 is 0 Å². The molecule has 2 aromatic rings. The molecule has 0 fully saturated rings. The summed E-state index contributed by atoms with van der Waals surface area (Å²) in [7, 11) is 0. The van der Waals surface area contributed by atoms with Crippen LogP contribution < -0.4 is 4.74 Å². The highest BCUT2D eigenvalue weighted by Gasteiger charge is 2.18. The standard InChI is InChI=1S/C19H17Cl2NO2/c20-17-7-6-16(12-18(17)21)24-13-19(23)22-10-8-15(9-11-22)14-4-2-1-3-5-14/h1-8,12H,9-11,13H2. The number of rotatable bonds is 4. The minimum atomic E-state index is -0.0376. The van der Waals surface area contributed by atoms with Crippen molar-refractivity contribution in [2.75, 3.05) is 19.7 Å². The smallest absolute Gasteiger partial charge is 0.260 e. The summed E-state index contributed by atoms with van der Waals surface area (Å²) in [4.78, 5) is 14.1. The monoisotopic (exact) mass is 361 g/mol. The second-order valence-electron chi connectivity index (χ2n) is 5.55. The van der Waals surface area contributed by atoms with E-state index in [2.05, 4.69) is 18.2 Å². The normalized spacial score (nSPS) is 14.2. The number of nitrogens with zero attached hydrogens (tertiary/aromatic N) is 1. The molecule has 0 bridgehead atoms. The number of amides is 1. The molecule has 0 radical (unpaired) electrons. The number of benzene rings is 2. The zero-order valence-electron chi connectivity index (χ0n) is 13.0. The zero-order chi connectivity index (χ0) is 16.9. The highest BCUT2D eigenvalue weighted by atomic mass is 35.5. The van der Waals surface area contributed by atoms with Gasteiger partial charge in [-0.2, -0.15) is 0 Å². The Morgan fingerprint density at radius 3 is 2.54 bits per heavy atom. The Bertz CT molecular complexity index is 759. The third-order valence-electron chi connectivity index (χ3n) is 3.96. The van der Waals surface area contributed by atoms with E-state index in [1.54, 1.807) is 23.1 Å². The molecule has 0 N–H and O–H groups in total. The average molecular weight is 362 g/mol. The molecule has 1 aliphatic rings. The second kappa shape index (κ2) is 7.73. The van der Waals surface area contributed by atoms with Gasteiger partial charge in [-0.25, -0.2) is 0 Å². The number of hydrogen-bond donors (Lipinski definition) is 0. The van der Waals surface area contributed by atoms with E-state index in [1.165, 1.54) is 11.1 Å². The molecule has 5 heteroatoms. The maximum atomic E-state index is 12.3. The lowest BCUT2D eigenvalue weighted by Crippen LogP contribution is -2.37. The zero-order valence-corrected chi connectivity index (χ0v) is 14.6. The van der Waals surface area contributed by atoms with Crippen molar-refractivity contribution in [3.8, 4) is 5.75 Å². The molecular formula is C19H17Cl2NO2. The molecule has 0 spiro atoms. The van der Waals surface area contributed by atoms with E-state index in [-0.39, 0.29) is 12.5 Å². The molecule has 124 valence electrons. The topological polar surface area (TPSA) is 29.5 Å². The summed E-state index contributed by atoms with van der Waals surface area (Å²) >= 11 is 11.8. The van der Waals surface area contributed by atoms with Crippen LogP contribution in [0.2, 0.25) is 10.0 Å². The number of halogens is 2. The minimum Gasteiger partial charge on any atom is -0.484 e. The summed E-state index contributed by atoms with van der Waals surface area (Å²) in [6.45, 7) is 1.30. The van der Waals surface area contributed by atoms with E-state index in [9.17, 15) is 4.79 Å². The van der Waals surface area contributed by atoms with Crippen LogP contribution in [0.25, 0.3) is 5.57 Å². The fraction of sp³-hybridized carbons (Fsp3) is 0.211. The first-order valence-corrected chi connectivity index (χ1v) is 8.49. The Morgan fingerprint density at radius 1 is 1.08 bits per heavy atom. The average Bonchev–Trinajstić information content (AvgIpc) is 2.63. The van der Waals surface area contributed by atoms with Crippen LogP contribution in [-0.4, -0.2) is 30.5 Å². The summed E-state index contributed by atoms with van der Waals surface area (Å²) in [5.74, 6) is 0.500. The van der Waals surface area contributed by atoms with Crippen LogP contribution >= 0.6 is 23.2 Å².